The summed E-state index contributed by atoms with van der Waals surface area (Å²) in [6, 6.07) is 4.59. The molecule has 0 unspecified atom stereocenters. The zero-order chi connectivity index (χ0) is 15.8. The molecule has 3 heterocycles. The molecule has 0 saturated carbocycles. The lowest BCUT2D eigenvalue weighted by molar-refractivity contribution is 0.0324. The van der Waals surface area contributed by atoms with E-state index in [4.69, 9.17) is 13.7 Å². The van der Waals surface area contributed by atoms with Gasteiger partial charge in [0.1, 0.15) is 17.4 Å². The maximum absolute atomic E-state index is 13.1. The molecule has 3 aromatic rings. The van der Waals surface area contributed by atoms with E-state index in [0.717, 1.165) is 12.8 Å². The summed E-state index contributed by atoms with van der Waals surface area (Å²) in [5.74, 6) is 0.778. The van der Waals surface area contributed by atoms with E-state index in [2.05, 4.69) is 20.4 Å². The van der Waals surface area contributed by atoms with Crippen LogP contribution >= 0.6 is 0 Å². The highest BCUT2D eigenvalue weighted by Crippen LogP contribution is 2.32. The fourth-order valence-corrected chi connectivity index (χ4v) is 2.66. The van der Waals surface area contributed by atoms with Crippen LogP contribution in [0.3, 0.4) is 0 Å². The van der Waals surface area contributed by atoms with Gasteiger partial charge in [0.05, 0.1) is 6.10 Å². The van der Waals surface area contributed by atoms with Crippen LogP contribution < -0.4 is 5.32 Å². The molecule has 4 rings (SSSR count). The smallest absolute Gasteiger partial charge is 0.295 e. The fourth-order valence-electron chi connectivity index (χ4n) is 2.66. The maximum Gasteiger partial charge on any atom is 0.295 e. The van der Waals surface area contributed by atoms with Crippen LogP contribution in [0, 0.1) is 12.7 Å². The number of ether oxygens (including phenoxy) is 1. The summed E-state index contributed by atoms with van der Waals surface area (Å²) in [5, 5.41) is 6.85. The van der Waals surface area contributed by atoms with Crippen molar-refractivity contribution in [2.75, 3.05) is 11.9 Å². The number of rotatable bonds is 4. The molecule has 2 aromatic heterocycles. The number of halogens is 1. The zero-order valence-electron chi connectivity index (χ0n) is 12.5. The molecule has 2 atom stereocenters. The van der Waals surface area contributed by atoms with E-state index in [-0.39, 0.29) is 18.0 Å². The summed E-state index contributed by atoms with van der Waals surface area (Å²) in [6.07, 6.45) is 1.53. The SMILES string of the molecule is Cc1noc([C@@H]2CC[C@H](CNc3nc4cc(F)ccc4o3)O2)n1. The normalized spacial score (nSPS) is 21.1. The highest BCUT2D eigenvalue weighted by Gasteiger charge is 2.30. The van der Waals surface area contributed by atoms with Crippen LogP contribution in [0.2, 0.25) is 0 Å². The number of aromatic nitrogens is 3. The van der Waals surface area contributed by atoms with Crippen LogP contribution in [-0.4, -0.2) is 27.8 Å². The van der Waals surface area contributed by atoms with Crippen molar-refractivity contribution in [1.82, 2.24) is 15.1 Å². The third-order valence-corrected chi connectivity index (χ3v) is 3.76. The lowest BCUT2D eigenvalue weighted by atomic mass is 10.2. The van der Waals surface area contributed by atoms with Crippen LogP contribution in [0.5, 0.6) is 0 Å². The van der Waals surface area contributed by atoms with Gasteiger partial charge in [-0.3, -0.25) is 0 Å². The lowest BCUT2D eigenvalue weighted by Gasteiger charge is -2.11. The molecule has 0 spiro atoms. The molecule has 1 N–H and O–H groups in total. The molecule has 1 aliphatic heterocycles. The van der Waals surface area contributed by atoms with E-state index in [1.165, 1.54) is 12.1 Å². The van der Waals surface area contributed by atoms with Gasteiger partial charge in [-0.05, 0) is 31.9 Å². The van der Waals surface area contributed by atoms with Crippen molar-refractivity contribution in [2.45, 2.75) is 32.0 Å². The molecule has 0 bridgehead atoms. The van der Waals surface area contributed by atoms with Gasteiger partial charge < -0.3 is 19.0 Å². The molecule has 1 aliphatic rings. The van der Waals surface area contributed by atoms with Crippen molar-refractivity contribution in [1.29, 1.82) is 0 Å². The van der Waals surface area contributed by atoms with Gasteiger partial charge in [-0.1, -0.05) is 5.16 Å². The van der Waals surface area contributed by atoms with E-state index >= 15 is 0 Å². The number of aryl methyl sites for hydroxylation is 1. The van der Waals surface area contributed by atoms with Crippen molar-refractivity contribution >= 4 is 17.1 Å². The van der Waals surface area contributed by atoms with Gasteiger partial charge in [0.25, 0.3) is 11.9 Å². The van der Waals surface area contributed by atoms with E-state index in [1.807, 2.05) is 0 Å². The summed E-state index contributed by atoms with van der Waals surface area (Å²) in [5.41, 5.74) is 1.03. The Morgan fingerprint density at radius 1 is 1.30 bits per heavy atom. The highest BCUT2D eigenvalue weighted by molar-refractivity contribution is 5.74. The first-order valence-corrected chi connectivity index (χ1v) is 7.43. The summed E-state index contributed by atoms with van der Waals surface area (Å²) < 4.78 is 29.7. The molecule has 23 heavy (non-hydrogen) atoms. The van der Waals surface area contributed by atoms with E-state index in [1.54, 1.807) is 13.0 Å². The number of fused-ring (bicyclic) bond motifs is 1. The predicted octanol–water partition coefficient (Wildman–Crippen LogP) is 2.99. The number of nitrogens with one attached hydrogen (secondary N) is 1. The molecule has 0 amide bonds. The largest absolute Gasteiger partial charge is 0.424 e. The van der Waals surface area contributed by atoms with Crippen LogP contribution in [0.15, 0.2) is 27.1 Å². The monoisotopic (exact) mass is 318 g/mol. The molecule has 1 saturated heterocycles. The number of nitrogens with zero attached hydrogens (tertiary/aromatic N) is 3. The quantitative estimate of drug-likeness (QED) is 0.791. The van der Waals surface area contributed by atoms with Gasteiger partial charge in [0.2, 0.25) is 0 Å². The van der Waals surface area contributed by atoms with Crippen LogP contribution in [-0.2, 0) is 4.74 Å². The molecule has 1 aromatic carbocycles. The Morgan fingerprint density at radius 2 is 2.22 bits per heavy atom. The Bertz CT molecular complexity index is 831. The Labute approximate surface area is 130 Å². The Balaban J connectivity index is 1.37. The molecule has 120 valence electrons. The Kier molecular flexibility index (Phi) is 3.45. The van der Waals surface area contributed by atoms with E-state index in [0.29, 0.717) is 35.4 Å². The van der Waals surface area contributed by atoms with Crippen LogP contribution in [0.25, 0.3) is 11.1 Å². The van der Waals surface area contributed by atoms with Crippen molar-refractivity contribution in [2.24, 2.45) is 0 Å². The number of anilines is 1. The summed E-state index contributed by atoms with van der Waals surface area (Å²) in [4.78, 5) is 8.39. The number of benzene rings is 1. The first kappa shape index (κ1) is 14.1. The van der Waals surface area contributed by atoms with E-state index in [9.17, 15) is 4.39 Å². The Morgan fingerprint density at radius 3 is 3.04 bits per heavy atom. The summed E-state index contributed by atoms with van der Waals surface area (Å²) in [7, 11) is 0. The van der Waals surface area contributed by atoms with Gasteiger partial charge in [-0.15, -0.1) is 0 Å². The minimum Gasteiger partial charge on any atom is -0.424 e. The zero-order valence-corrected chi connectivity index (χ0v) is 12.5. The molecular weight excluding hydrogens is 303 g/mol. The second kappa shape index (κ2) is 5.62. The van der Waals surface area contributed by atoms with Gasteiger partial charge in [-0.25, -0.2) is 4.39 Å². The highest BCUT2D eigenvalue weighted by atomic mass is 19.1. The molecule has 1 fully saturated rings. The summed E-state index contributed by atoms with van der Waals surface area (Å²) >= 11 is 0. The standard InChI is InChI=1S/C15H15FN4O3/c1-8-18-14(23-20-8)13-5-3-10(21-13)7-17-15-19-11-6-9(16)2-4-12(11)22-15/h2,4,6,10,13H,3,5,7H2,1H3,(H,17,19)/t10-,13+/m1/s1. The topological polar surface area (TPSA) is 86.2 Å². The molecule has 0 aliphatic carbocycles. The molecule has 8 heteroatoms. The number of hydrogen-bond donors (Lipinski definition) is 1. The maximum atomic E-state index is 13.1. The average Bonchev–Trinajstić information content (AvgIpc) is 3.23. The second-order valence-corrected chi connectivity index (χ2v) is 5.52. The van der Waals surface area contributed by atoms with Gasteiger partial charge in [-0.2, -0.15) is 9.97 Å². The van der Waals surface area contributed by atoms with Crippen LogP contribution in [0.4, 0.5) is 10.4 Å². The molecular formula is C15H15FN4O3. The number of hydrogen-bond acceptors (Lipinski definition) is 7. The van der Waals surface area contributed by atoms with Gasteiger partial charge in [0.15, 0.2) is 11.4 Å². The van der Waals surface area contributed by atoms with Crippen molar-refractivity contribution in [3.8, 4) is 0 Å². The third kappa shape index (κ3) is 2.89. The first-order valence-electron chi connectivity index (χ1n) is 7.43. The van der Waals surface area contributed by atoms with Gasteiger partial charge >= 0.3 is 0 Å². The first-order chi connectivity index (χ1) is 11.2. The van der Waals surface area contributed by atoms with Gasteiger partial charge in [0, 0.05) is 12.6 Å². The predicted molar refractivity (Wildman–Crippen MR) is 78.3 cm³/mol. The second-order valence-electron chi connectivity index (χ2n) is 5.52. The van der Waals surface area contributed by atoms with Crippen molar-refractivity contribution < 1.29 is 18.1 Å². The van der Waals surface area contributed by atoms with Crippen LogP contribution in [0.1, 0.15) is 30.7 Å². The fraction of sp³-hybridized carbons (Fsp3) is 0.400. The van der Waals surface area contributed by atoms with E-state index < -0.39 is 0 Å². The van der Waals surface area contributed by atoms with Crippen molar-refractivity contribution in [3.63, 3.8) is 0 Å². The molecule has 7 nitrogen and oxygen atoms in total. The van der Waals surface area contributed by atoms with Crippen molar-refractivity contribution in [3.05, 3.63) is 35.7 Å². The minimum absolute atomic E-state index is 0.000968. The third-order valence-electron chi connectivity index (χ3n) is 3.76. The number of oxazole rings is 1. The average molecular weight is 318 g/mol. The lowest BCUT2D eigenvalue weighted by Crippen LogP contribution is -2.19. The Hall–Kier alpha value is -2.48. The molecule has 0 radical (unpaired) electrons. The minimum atomic E-state index is -0.339. The summed E-state index contributed by atoms with van der Waals surface area (Å²) in [6.45, 7) is 2.32.